The summed E-state index contributed by atoms with van der Waals surface area (Å²) < 4.78 is 13.5. The lowest BCUT2D eigenvalue weighted by molar-refractivity contribution is 0.409. The van der Waals surface area contributed by atoms with Crippen molar-refractivity contribution in [3.8, 4) is 0 Å². The predicted octanol–water partition coefficient (Wildman–Crippen LogP) is 4.09. The van der Waals surface area contributed by atoms with Crippen molar-refractivity contribution in [1.82, 2.24) is 5.32 Å². The van der Waals surface area contributed by atoms with Gasteiger partial charge in [-0.15, -0.1) is 12.4 Å². The summed E-state index contributed by atoms with van der Waals surface area (Å²) in [4.78, 5) is 0. The van der Waals surface area contributed by atoms with Gasteiger partial charge in [-0.3, -0.25) is 0 Å². The van der Waals surface area contributed by atoms with Gasteiger partial charge in [0.1, 0.15) is 5.82 Å². The Morgan fingerprint density at radius 1 is 1.35 bits per heavy atom. The van der Waals surface area contributed by atoms with Crippen LogP contribution in [0.25, 0.3) is 0 Å². The summed E-state index contributed by atoms with van der Waals surface area (Å²) in [5, 5.41) is 3.45. The summed E-state index contributed by atoms with van der Waals surface area (Å²) in [5.74, 6) is -0.108. The first kappa shape index (κ1) is 14.5. The molecule has 2 rings (SSSR count). The second-order valence-electron chi connectivity index (χ2n) is 4.98. The Balaban J connectivity index is 0.00000144. The molecule has 1 nitrogen and oxygen atoms in total. The van der Waals surface area contributed by atoms with E-state index in [4.69, 9.17) is 0 Å². The number of hydrogen-bond donors (Lipinski definition) is 1. The molecule has 1 saturated carbocycles. The molecule has 0 spiro atoms. The van der Waals surface area contributed by atoms with E-state index in [-0.39, 0.29) is 24.3 Å². The van der Waals surface area contributed by atoms with Gasteiger partial charge in [0.15, 0.2) is 0 Å². The van der Waals surface area contributed by atoms with Crippen LogP contribution in [0.2, 0.25) is 0 Å². The number of nitrogens with one attached hydrogen (secondary N) is 1. The molecule has 0 aromatic heterocycles. The first-order valence-corrected chi connectivity index (χ1v) is 6.15. The number of halogens is 2. The fourth-order valence-electron chi connectivity index (χ4n) is 2.14. The SMILES string of the molecule is CCC1(CNC(C)c2ccccc2F)CC1.Cl. The molecule has 1 aliphatic rings. The molecule has 96 valence electrons. The molecular weight excluding hydrogens is 237 g/mol. The van der Waals surface area contributed by atoms with Gasteiger partial charge in [-0.1, -0.05) is 25.1 Å². The highest BCUT2D eigenvalue weighted by atomic mass is 35.5. The molecule has 1 atom stereocenters. The lowest BCUT2D eigenvalue weighted by Crippen LogP contribution is -2.27. The molecular formula is C14H21ClFN. The molecule has 1 fully saturated rings. The topological polar surface area (TPSA) is 12.0 Å². The van der Waals surface area contributed by atoms with E-state index >= 15 is 0 Å². The predicted molar refractivity (Wildman–Crippen MR) is 72.0 cm³/mol. The lowest BCUT2D eigenvalue weighted by atomic mass is 10.0. The van der Waals surface area contributed by atoms with Crippen molar-refractivity contribution in [1.29, 1.82) is 0 Å². The van der Waals surface area contributed by atoms with Crippen LogP contribution in [0.1, 0.15) is 44.7 Å². The second-order valence-corrected chi connectivity index (χ2v) is 4.98. The van der Waals surface area contributed by atoms with Gasteiger partial charge in [0.25, 0.3) is 0 Å². The Morgan fingerprint density at radius 3 is 2.53 bits per heavy atom. The molecule has 1 unspecified atom stereocenters. The molecule has 0 bridgehead atoms. The van der Waals surface area contributed by atoms with Crippen LogP contribution in [0.5, 0.6) is 0 Å². The standard InChI is InChI=1S/C14H20FN.ClH/c1-3-14(8-9-14)10-16-11(2)12-6-4-5-7-13(12)15;/h4-7,11,16H,3,8-10H2,1-2H3;1H. The van der Waals surface area contributed by atoms with E-state index in [1.165, 1.54) is 25.3 Å². The Kier molecular flexibility index (Phi) is 4.96. The highest BCUT2D eigenvalue weighted by Gasteiger charge is 2.40. The first-order chi connectivity index (χ1) is 7.67. The molecule has 1 aromatic carbocycles. The third kappa shape index (κ3) is 3.43. The molecule has 1 N–H and O–H groups in total. The van der Waals surface area contributed by atoms with Crippen molar-refractivity contribution in [3.05, 3.63) is 35.6 Å². The van der Waals surface area contributed by atoms with Crippen LogP contribution in [-0.4, -0.2) is 6.54 Å². The smallest absolute Gasteiger partial charge is 0.127 e. The summed E-state index contributed by atoms with van der Waals surface area (Å²) in [6, 6.07) is 7.12. The van der Waals surface area contributed by atoms with Crippen molar-refractivity contribution in [2.75, 3.05) is 6.54 Å². The summed E-state index contributed by atoms with van der Waals surface area (Å²) in [5.41, 5.74) is 1.29. The highest BCUT2D eigenvalue weighted by molar-refractivity contribution is 5.85. The van der Waals surface area contributed by atoms with Crippen LogP contribution in [0, 0.1) is 11.2 Å². The van der Waals surface area contributed by atoms with Crippen LogP contribution in [0.3, 0.4) is 0 Å². The minimum atomic E-state index is -0.108. The van der Waals surface area contributed by atoms with Gasteiger partial charge >= 0.3 is 0 Å². The highest BCUT2D eigenvalue weighted by Crippen LogP contribution is 2.48. The van der Waals surface area contributed by atoms with Crippen LogP contribution < -0.4 is 5.32 Å². The zero-order valence-electron chi connectivity index (χ0n) is 10.5. The van der Waals surface area contributed by atoms with E-state index in [1.54, 1.807) is 6.07 Å². The number of rotatable bonds is 5. The fourth-order valence-corrected chi connectivity index (χ4v) is 2.14. The maximum absolute atomic E-state index is 13.5. The fraction of sp³-hybridized carbons (Fsp3) is 0.571. The molecule has 0 aliphatic heterocycles. The molecule has 1 aromatic rings. The minimum absolute atomic E-state index is 0. The quantitative estimate of drug-likeness (QED) is 0.838. The van der Waals surface area contributed by atoms with Gasteiger partial charge in [0, 0.05) is 18.2 Å². The van der Waals surface area contributed by atoms with E-state index in [9.17, 15) is 4.39 Å². The maximum Gasteiger partial charge on any atom is 0.127 e. The monoisotopic (exact) mass is 257 g/mol. The van der Waals surface area contributed by atoms with E-state index in [1.807, 2.05) is 19.1 Å². The van der Waals surface area contributed by atoms with Crippen molar-refractivity contribution in [2.45, 2.75) is 39.2 Å². The Bertz CT molecular complexity index is 363. The van der Waals surface area contributed by atoms with Gasteiger partial charge in [-0.25, -0.2) is 4.39 Å². The van der Waals surface area contributed by atoms with Crippen LogP contribution in [-0.2, 0) is 0 Å². The van der Waals surface area contributed by atoms with Crippen molar-refractivity contribution in [3.63, 3.8) is 0 Å². The van der Waals surface area contributed by atoms with Crippen LogP contribution in [0.15, 0.2) is 24.3 Å². The number of benzene rings is 1. The Morgan fingerprint density at radius 2 is 2.00 bits per heavy atom. The summed E-state index contributed by atoms with van der Waals surface area (Å²) >= 11 is 0. The molecule has 0 saturated heterocycles. The van der Waals surface area contributed by atoms with Gasteiger partial charge in [0.2, 0.25) is 0 Å². The lowest BCUT2D eigenvalue weighted by Gasteiger charge is -2.19. The van der Waals surface area contributed by atoms with Gasteiger partial charge < -0.3 is 5.32 Å². The second kappa shape index (κ2) is 5.83. The minimum Gasteiger partial charge on any atom is -0.310 e. The Hall–Kier alpha value is -0.600. The van der Waals surface area contributed by atoms with Gasteiger partial charge in [-0.05, 0) is 37.7 Å². The summed E-state index contributed by atoms with van der Waals surface area (Å²) in [7, 11) is 0. The van der Waals surface area contributed by atoms with Crippen LogP contribution >= 0.6 is 12.4 Å². The molecule has 17 heavy (non-hydrogen) atoms. The third-order valence-corrected chi connectivity index (χ3v) is 3.86. The van der Waals surface area contributed by atoms with E-state index < -0.39 is 0 Å². The van der Waals surface area contributed by atoms with Gasteiger partial charge in [-0.2, -0.15) is 0 Å². The molecule has 0 amide bonds. The van der Waals surface area contributed by atoms with Crippen molar-refractivity contribution >= 4 is 12.4 Å². The zero-order chi connectivity index (χ0) is 11.6. The van der Waals surface area contributed by atoms with E-state index in [2.05, 4.69) is 12.2 Å². The summed E-state index contributed by atoms with van der Waals surface area (Å²) in [6.45, 7) is 5.28. The molecule has 1 aliphatic carbocycles. The Labute approximate surface area is 109 Å². The first-order valence-electron chi connectivity index (χ1n) is 6.15. The molecule has 0 heterocycles. The average Bonchev–Trinajstić information content (AvgIpc) is 3.07. The molecule has 3 heteroatoms. The van der Waals surface area contributed by atoms with Crippen molar-refractivity contribution in [2.24, 2.45) is 5.41 Å². The zero-order valence-corrected chi connectivity index (χ0v) is 11.3. The summed E-state index contributed by atoms with van der Waals surface area (Å²) in [6.07, 6.45) is 3.87. The average molecular weight is 258 g/mol. The third-order valence-electron chi connectivity index (χ3n) is 3.86. The number of hydrogen-bond acceptors (Lipinski definition) is 1. The van der Waals surface area contributed by atoms with Crippen LogP contribution in [0.4, 0.5) is 4.39 Å². The van der Waals surface area contributed by atoms with E-state index in [0.29, 0.717) is 5.41 Å². The maximum atomic E-state index is 13.5. The largest absolute Gasteiger partial charge is 0.310 e. The molecule has 0 radical (unpaired) electrons. The van der Waals surface area contributed by atoms with Gasteiger partial charge in [0.05, 0.1) is 0 Å². The normalized spacial score (nSPS) is 18.3. The van der Waals surface area contributed by atoms with E-state index in [0.717, 1.165) is 12.1 Å². The van der Waals surface area contributed by atoms with Crippen molar-refractivity contribution < 1.29 is 4.39 Å².